The molecular weight excluding hydrogens is 240 g/mol. The van der Waals surface area contributed by atoms with E-state index in [4.69, 9.17) is 21.1 Å². The molecule has 1 N–H and O–H groups in total. The monoisotopic (exact) mass is 256 g/mol. The Labute approximate surface area is 106 Å². The highest BCUT2D eigenvalue weighted by Gasteiger charge is 2.22. The van der Waals surface area contributed by atoms with Crippen molar-refractivity contribution in [3.63, 3.8) is 0 Å². The fourth-order valence-electron chi connectivity index (χ4n) is 2.16. The molecule has 0 fully saturated rings. The SMILES string of the molecule is CCc1c2c(cc(Cl)c1C(C)O)OCCCO2. The highest BCUT2D eigenvalue weighted by atomic mass is 35.5. The van der Waals surface area contributed by atoms with E-state index in [0.29, 0.717) is 24.0 Å². The summed E-state index contributed by atoms with van der Waals surface area (Å²) >= 11 is 6.20. The molecule has 1 aromatic rings. The van der Waals surface area contributed by atoms with Gasteiger partial charge < -0.3 is 14.6 Å². The van der Waals surface area contributed by atoms with Gasteiger partial charge in [0.15, 0.2) is 11.5 Å². The van der Waals surface area contributed by atoms with Crippen molar-refractivity contribution in [1.29, 1.82) is 0 Å². The Morgan fingerprint density at radius 3 is 2.76 bits per heavy atom. The molecule has 0 aliphatic carbocycles. The highest BCUT2D eigenvalue weighted by Crippen LogP contribution is 2.42. The lowest BCUT2D eigenvalue weighted by Gasteiger charge is -2.19. The quantitative estimate of drug-likeness (QED) is 0.884. The summed E-state index contributed by atoms with van der Waals surface area (Å²) in [5.41, 5.74) is 1.70. The Kier molecular flexibility index (Phi) is 3.79. The molecule has 17 heavy (non-hydrogen) atoms. The zero-order valence-electron chi connectivity index (χ0n) is 10.1. The van der Waals surface area contributed by atoms with E-state index in [0.717, 1.165) is 29.7 Å². The molecular formula is C13H17ClO3. The summed E-state index contributed by atoms with van der Waals surface area (Å²) in [5.74, 6) is 1.43. The second-order valence-corrected chi connectivity index (χ2v) is 4.57. The minimum absolute atomic E-state index is 0.543. The lowest BCUT2D eigenvalue weighted by atomic mass is 9.99. The Morgan fingerprint density at radius 1 is 1.41 bits per heavy atom. The first-order chi connectivity index (χ1) is 8.15. The van der Waals surface area contributed by atoms with Gasteiger partial charge in [-0.1, -0.05) is 18.5 Å². The van der Waals surface area contributed by atoms with Gasteiger partial charge >= 0.3 is 0 Å². The number of rotatable bonds is 2. The topological polar surface area (TPSA) is 38.7 Å². The number of halogens is 1. The van der Waals surface area contributed by atoms with Gasteiger partial charge in [0.05, 0.1) is 24.3 Å². The molecule has 0 spiro atoms. The van der Waals surface area contributed by atoms with E-state index < -0.39 is 6.10 Å². The van der Waals surface area contributed by atoms with Crippen LogP contribution in [0.2, 0.25) is 5.02 Å². The average Bonchev–Trinajstić information content (AvgIpc) is 2.51. The van der Waals surface area contributed by atoms with E-state index in [9.17, 15) is 5.11 Å². The average molecular weight is 257 g/mol. The largest absolute Gasteiger partial charge is 0.489 e. The maximum absolute atomic E-state index is 9.81. The van der Waals surface area contributed by atoms with Crippen LogP contribution >= 0.6 is 11.6 Å². The first-order valence-electron chi connectivity index (χ1n) is 5.94. The molecule has 94 valence electrons. The van der Waals surface area contributed by atoms with Crippen molar-refractivity contribution >= 4 is 11.6 Å². The van der Waals surface area contributed by atoms with Crippen LogP contribution in [0.4, 0.5) is 0 Å². The zero-order chi connectivity index (χ0) is 12.4. The zero-order valence-corrected chi connectivity index (χ0v) is 10.9. The summed E-state index contributed by atoms with van der Waals surface area (Å²) in [6.45, 7) is 5.01. The summed E-state index contributed by atoms with van der Waals surface area (Å²) in [6, 6.07) is 1.74. The fraction of sp³-hybridized carbons (Fsp3) is 0.538. The molecule has 0 aromatic heterocycles. The summed E-state index contributed by atoms with van der Waals surface area (Å²) in [5, 5.41) is 10.4. The molecule has 0 bridgehead atoms. The molecule has 1 aromatic carbocycles. The minimum Gasteiger partial charge on any atom is -0.489 e. The summed E-state index contributed by atoms with van der Waals surface area (Å²) in [4.78, 5) is 0. The van der Waals surface area contributed by atoms with Crippen LogP contribution in [0.1, 0.15) is 37.5 Å². The molecule has 0 saturated carbocycles. The maximum atomic E-state index is 9.81. The lowest BCUT2D eigenvalue weighted by Crippen LogP contribution is -2.04. The third kappa shape index (κ3) is 2.35. The van der Waals surface area contributed by atoms with Crippen LogP contribution in [-0.4, -0.2) is 18.3 Å². The number of benzene rings is 1. The second-order valence-electron chi connectivity index (χ2n) is 4.16. The van der Waals surface area contributed by atoms with Crippen molar-refractivity contribution in [2.45, 2.75) is 32.8 Å². The predicted molar refractivity (Wildman–Crippen MR) is 67.1 cm³/mol. The van der Waals surface area contributed by atoms with E-state index >= 15 is 0 Å². The van der Waals surface area contributed by atoms with Crippen LogP contribution in [0.15, 0.2) is 6.07 Å². The minimum atomic E-state index is -0.602. The van der Waals surface area contributed by atoms with Crippen LogP contribution in [0, 0.1) is 0 Å². The van der Waals surface area contributed by atoms with Crippen LogP contribution in [0.5, 0.6) is 11.5 Å². The third-order valence-electron chi connectivity index (χ3n) is 2.90. The van der Waals surface area contributed by atoms with Gasteiger partial charge in [0, 0.05) is 23.6 Å². The Balaban J connectivity index is 2.60. The van der Waals surface area contributed by atoms with Crippen LogP contribution in [0.3, 0.4) is 0 Å². The van der Waals surface area contributed by atoms with E-state index in [2.05, 4.69) is 0 Å². The molecule has 1 heterocycles. The first-order valence-corrected chi connectivity index (χ1v) is 6.31. The maximum Gasteiger partial charge on any atom is 0.164 e. The number of aliphatic hydroxyl groups is 1. The molecule has 1 unspecified atom stereocenters. The number of hydrogen-bond acceptors (Lipinski definition) is 3. The van der Waals surface area contributed by atoms with Crippen LogP contribution < -0.4 is 9.47 Å². The Morgan fingerprint density at radius 2 is 2.12 bits per heavy atom. The standard InChI is InChI=1S/C13H17ClO3/c1-3-9-12(8(2)15)10(14)7-11-13(9)17-6-4-5-16-11/h7-8,15H,3-6H2,1-2H3. The third-order valence-corrected chi connectivity index (χ3v) is 3.21. The molecule has 1 aliphatic heterocycles. The van der Waals surface area contributed by atoms with E-state index in [1.807, 2.05) is 6.92 Å². The van der Waals surface area contributed by atoms with Crippen molar-refractivity contribution in [2.75, 3.05) is 13.2 Å². The number of fused-ring (bicyclic) bond motifs is 1. The van der Waals surface area contributed by atoms with E-state index in [1.54, 1.807) is 13.0 Å². The molecule has 2 rings (SSSR count). The second kappa shape index (κ2) is 5.15. The molecule has 3 nitrogen and oxygen atoms in total. The molecule has 0 radical (unpaired) electrons. The van der Waals surface area contributed by atoms with Gasteiger partial charge in [-0.15, -0.1) is 0 Å². The van der Waals surface area contributed by atoms with Crippen molar-refractivity contribution in [2.24, 2.45) is 0 Å². The van der Waals surface area contributed by atoms with Gasteiger partial charge in [-0.2, -0.15) is 0 Å². The van der Waals surface area contributed by atoms with Crippen molar-refractivity contribution < 1.29 is 14.6 Å². The Hall–Kier alpha value is -0.930. The number of hydrogen-bond donors (Lipinski definition) is 1. The predicted octanol–water partition coefficient (Wildman–Crippen LogP) is 3.12. The summed E-state index contributed by atoms with van der Waals surface area (Å²) in [6.07, 6.45) is 1.01. The summed E-state index contributed by atoms with van der Waals surface area (Å²) < 4.78 is 11.3. The molecule has 0 saturated heterocycles. The van der Waals surface area contributed by atoms with Gasteiger partial charge in [0.2, 0.25) is 0 Å². The lowest BCUT2D eigenvalue weighted by molar-refractivity contribution is 0.197. The smallest absolute Gasteiger partial charge is 0.164 e. The van der Waals surface area contributed by atoms with Gasteiger partial charge in [0.25, 0.3) is 0 Å². The fourth-order valence-corrected chi connectivity index (χ4v) is 2.53. The Bertz CT molecular complexity index is 416. The van der Waals surface area contributed by atoms with Crippen LogP contribution in [0.25, 0.3) is 0 Å². The normalized spacial score (nSPS) is 16.5. The molecule has 1 aliphatic rings. The van der Waals surface area contributed by atoms with E-state index in [1.165, 1.54) is 0 Å². The van der Waals surface area contributed by atoms with Gasteiger partial charge in [-0.3, -0.25) is 0 Å². The first kappa shape index (κ1) is 12.5. The van der Waals surface area contributed by atoms with Gasteiger partial charge in [0.1, 0.15) is 0 Å². The molecule has 1 atom stereocenters. The van der Waals surface area contributed by atoms with Crippen molar-refractivity contribution in [1.82, 2.24) is 0 Å². The van der Waals surface area contributed by atoms with E-state index in [-0.39, 0.29) is 0 Å². The van der Waals surface area contributed by atoms with Gasteiger partial charge in [-0.25, -0.2) is 0 Å². The molecule has 4 heteroatoms. The number of ether oxygens (including phenoxy) is 2. The van der Waals surface area contributed by atoms with Crippen molar-refractivity contribution in [3.05, 3.63) is 22.2 Å². The molecule has 0 amide bonds. The van der Waals surface area contributed by atoms with Crippen molar-refractivity contribution in [3.8, 4) is 11.5 Å². The number of aliphatic hydroxyl groups excluding tert-OH is 1. The highest BCUT2D eigenvalue weighted by molar-refractivity contribution is 6.31. The van der Waals surface area contributed by atoms with Crippen LogP contribution in [-0.2, 0) is 6.42 Å². The van der Waals surface area contributed by atoms with Gasteiger partial charge in [-0.05, 0) is 13.3 Å². The summed E-state index contributed by atoms with van der Waals surface area (Å²) in [7, 11) is 0.